The Morgan fingerprint density at radius 3 is 2.95 bits per heavy atom. The van der Waals surface area contributed by atoms with E-state index in [1.165, 1.54) is 18.4 Å². The first-order chi connectivity index (χ1) is 9.65. The Morgan fingerprint density at radius 1 is 1.35 bits per heavy atom. The van der Waals surface area contributed by atoms with Crippen molar-refractivity contribution in [1.82, 2.24) is 10.6 Å². The van der Waals surface area contributed by atoms with E-state index in [1.54, 1.807) is 4.90 Å². The number of carbonyl (C=O) groups is 1. The van der Waals surface area contributed by atoms with Gasteiger partial charge in [-0.05, 0) is 50.4 Å². The number of hydrogen-bond donors (Lipinski definition) is 2. The molecule has 3 rings (SSSR count). The minimum Gasteiger partial charge on any atom is -0.314 e. The van der Waals surface area contributed by atoms with Crippen LogP contribution in [0.25, 0.3) is 0 Å². The summed E-state index contributed by atoms with van der Waals surface area (Å²) in [6, 6.07) is 8.96. The number of hydrogen-bond acceptors (Lipinski definition) is 3. The molecule has 1 aromatic carbocycles. The molecule has 2 aliphatic rings. The Balaban J connectivity index is 1.70. The number of piperidine rings is 1. The van der Waals surface area contributed by atoms with E-state index in [9.17, 15) is 4.79 Å². The molecule has 4 nitrogen and oxygen atoms in total. The molecule has 0 aromatic heterocycles. The van der Waals surface area contributed by atoms with Gasteiger partial charge in [-0.3, -0.25) is 4.79 Å². The van der Waals surface area contributed by atoms with Crippen LogP contribution in [0, 0.1) is 6.92 Å². The number of carbonyl (C=O) groups excluding carboxylic acids is 1. The molecular weight excluding hydrogens is 250 g/mol. The highest BCUT2D eigenvalue weighted by molar-refractivity contribution is 5.97. The Kier molecular flexibility index (Phi) is 3.76. The number of anilines is 1. The Bertz CT molecular complexity index is 488. The van der Waals surface area contributed by atoms with Crippen LogP contribution in [0.5, 0.6) is 0 Å². The zero-order chi connectivity index (χ0) is 14.1. The lowest BCUT2D eigenvalue weighted by molar-refractivity contribution is -0.120. The largest absolute Gasteiger partial charge is 0.314 e. The maximum Gasteiger partial charge on any atom is 0.243 e. The molecule has 2 aliphatic heterocycles. The maximum atomic E-state index is 12.6. The van der Waals surface area contributed by atoms with Gasteiger partial charge in [-0.1, -0.05) is 12.1 Å². The Morgan fingerprint density at radius 2 is 2.20 bits per heavy atom. The standard InChI is InChI=1S/C16H23N3O/c1-11-5-3-6-12(9-11)19(2)16(20)15-10-14-13(18-15)7-4-8-17-14/h3,5-6,9,13-15,17-18H,4,7-8,10H2,1-2H3. The molecule has 108 valence electrons. The molecule has 0 spiro atoms. The van der Waals surface area contributed by atoms with Crippen molar-refractivity contribution in [3.05, 3.63) is 29.8 Å². The van der Waals surface area contributed by atoms with Crippen LogP contribution in [0.1, 0.15) is 24.8 Å². The molecule has 2 saturated heterocycles. The van der Waals surface area contributed by atoms with E-state index < -0.39 is 0 Å². The number of nitrogens with one attached hydrogen (secondary N) is 2. The van der Waals surface area contributed by atoms with Crippen LogP contribution in [-0.4, -0.2) is 37.6 Å². The van der Waals surface area contributed by atoms with Crippen LogP contribution in [0.2, 0.25) is 0 Å². The number of amides is 1. The predicted octanol–water partition coefficient (Wildman–Crippen LogP) is 1.44. The highest BCUT2D eigenvalue weighted by Crippen LogP contribution is 2.23. The minimum absolute atomic E-state index is 0.0545. The van der Waals surface area contributed by atoms with Crippen LogP contribution >= 0.6 is 0 Å². The summed E-state index contributed by atoms with van der Waals surface area (Å²) in [6.07, 6.45) is 3.28. The number of benzene rings is 1. The van der Waals surface area contributed by atoms with Crippen molar-refractivity contribution in [1.29, 1.82) is 0 Å². The predicted molar refractivity (Wildman–Crippen MR) is 80.9 cm³/mol. The average molecular weight is 273 g/mol. The van der Waals surface area contributed by atoms with Crippen LogP contribution in [0.3, 0.4) is 0 Å². The van der Waals surface area contributed by atoms with Gasteiger partial charge < -0.3 is 15.5 Å². The number of nitrogens with zero attached hydrogens (tertiary/aromatic N) is 1. The molecule has 4 heteroatoms. The normalized spacial score (nSPS) is 29.0. The summed E-state index contributed by atoms with van der Waals surface area (Å²) in [4.78, 5) is 14.4. The zero-order valence-corrected chi connectivity index (χ0v) is 12.2. The van der Waals surface area contributed by atoms with Gasteiger partial charge >= 0.3 is 0 Å². The van der Waals surface area contributed by atoms with Gasteiger partial charge in [0.25, 0.3) is 0 Å². The Hall–Kier alpha value is -1.39. The smallest absolute Gasteiger partial charge is 0.243 e. The monoisotopic (exact) mass is 273 g/mol. The molecular formula is C16H23N3O. The van der Waals surface area contributed by atoms with Crippen LogP contribution in [0.4, 0.5) is 5.69 Å². The van der Waals surface area contributed by atoms with E-state index in [-0.39, 0.29) is 11.9 Å². The second-order valence-corrected chi connectivity index (χ2v) is 6.00. The van der Waals surface area contributed by atoms with Crippen molar-refractivity contribution in [3.63, 3.8) is 0 Å². The van der Waals surface area contributed by atoms with E-state index in [0.717, 1.165) is 18.7 Å². The topological polar surface area (TPSA) is 44.4 Å². The average Bonchev–Trinajstić information content (AvgIpc) is 2.89. The van der Waals surface area contributed by atoms with Crippen LogP contribution in [0.15, 0.2) is 24.3 Å². The van der Waals surface area contributed by atoms with Gasteiger partial charge in [-0.2, -0.15) is 0 Å². The van der Waals surface area contributed by atoms with Gasteiger partial charge in [-0.15, -0.1) is 0 Å². The molecule has 20 heavy (non-hydrogen) atoms. The lowest BCUT2D eigenvalue weighted by Crippen LogP contribution is -2.47. The second-order valence-electron chi connectivity index (χ2n) is 6.00. The summed E-state index contributed by atoms with van der Waals surface area (Å²) < 4.78 is 0. The molecule has 2 fully saturated rings. The van der Waals surface area contributed by atoms with Crippen molar-refractivity contribution < 1.29 is 4.79 Å². The van der Waals surface area contributed by atoms with E-state index >= 15 is 0 Å². The van der Waals surface area contributed by atoms with Gasteiger partial charge in [0.2, 0.25) is 5.91 Å². The van der Waals surface area contributed by atoms with Crippen molar-refractivity contribution in [2.45, 2.75) is 44.3 Å². The van der Waals surface area contributed by atoms with E-state index in [0.29, 0.717) is 12.1 Å². The lowest BCUT2D eigenvalue weighted by Gasteiger charge is -2.25. The molecule has 2 N–H and O–H groups in total. The number of fused-ring (bicyclic) bond motifs is 1. The summed E-state index contributed by atoms with van der Waals surface area (Å²) >= 11 is 0. The molecule has 1 amide bonds. The van der Waals surface area contributed by atoms with Crippen molar-refractivity contribution in [3.8, 4) is 0 Å². The first kappa shape index (κ1) is 13.6. The molecule has 3 atom stereocenters. The quantitative estimate of drug-likeness (QED) is 0.857. The third-order valence-corrected chi connectivity index (χ3v) is 4.51. The molecule has 1 aromatic rings. The molecule has 0 radical (unpaired) electrons. The first-order valence-corrected chi connectivity index (χ1v) is 7.49. The van der Waals surface area contributed by atoms with Gasteiger partial charge in [0.15, 0.2) is 0 Å². The van der Waals surface area contributed by atoms with Gasteiger partial charge in [0.1, 0.15) is 0 Å². The summed E-state index contributed by atoms with van der Waals surface area (Å²) in [6.45, 7) is 3.13. The molecule has 3 unspecified atom stereocenters. The lowest BCUT2D eigenvalue weighted by atomic mass is 9.99. The number of likely N-dealkylation sites (N-methyl/N-ethyl adjacent to an activating group) is 1. The SMILES string of the molecule is Cc1cccc(N(C)C(=O)C2CC3NCCCC3N2)c1. The van der Waals surface area contributed by atoms with Gasteiger partial charge in [-0.25, -0.2) is 0 Å². The van der Waals surface area contributed by atoms with Crippen molar-refractivity contribution in [2.75, 3.05) is 18.5 Å². The maximum absolute atomic E-state index is 12.6. The highest BCUT2D eigenvalue weighted by Gasteiger charge is 2.39. The summed E-state index contributed by atoms with van der Waals surface area (Å²) in [5.74, 6) is 0.173. The fourth-order valence-corrected chi connectivity index (χ4v) is 3.35. The molecule has 2 heterocycles. The summed E-state index contributed by atoms with van der Waals surface area (Å²) in [7, 11) is 1.87. The molecule has 0 aliphatic carbocycles. The first-order valence-electron chi connectivity index (χ1n) is 7.49. The number of rotatable bonds is 2. The van der Waals surface area contributed by atoms with Crippen molar-refractivity contribution >= 4 is 11.6 Å². The second kappa shape index (κ2) is 5.54. The van der Waals surface area contributed by atoms with E-state index in [1.807, 2.05) is 32.2 Å². The minimum atomic E-state index is -0.0545. The Labute approximate surface area is 120 Å². The van der Waals surface area contributed by atoms with Crippen LogP contribution < -0.4 is 15.5 Å². The van der Waals surface area contributed by atoms with E-state index in [4.69, 9.17) is 0 Å². The van der Waals surface area contributed by atoms with Gasteiger partial charge in [0.05, 0.1) is 6.04 Å². The highest BCUT2D eigenvalue weighted by atomic mass is 16.2. The van der Waals surface area contributed by atoms with Gasteiger partial charge in [0, 0.05) is 24.8 Å². The van der Waals surface area contributed by atoms with Crippen LogP contribution in [-0.2, 0) is 4.79 Å². The summed E-state index contributed by atoms with van der Waals surface area (Å²) in [5.41, 5.74) is 2.15. The van der Waals surface area contributed by atoms with Crippen molar-refractivity contribution in [2.24, 2.45) is 0 Å². The molecule has 0 bridgehead atoms. The molecule has 0 saturated carbocycles. The third-order valence-electron chi connectivity index (χ3n) is 4.51. The number of aryl methyl sites for hydroxylation is 1. The third kappa shape index (κ3) is 2.58. The zero-order valence-electron chi connectivity index (χ0n) is 12.2. The summed E-state index contributed by atoms with van der Waals surface area (Å²) in [5, 5.41) is 7.02. The fraction of sp³-hybridized carbons (Fsp3) is 0.562. The van der Waals surface area contributed by atoms with E-state index in [2.05, 4.69) is 16.7 Å². The fourth-order valence-electron chi connectivity index (χ4n) is 3.35.